The van der Waals surface area contributed by atoms with Gasteiger partial charge in [-0.2, -0.15) is 10.4 Å². The first-order valence-electron chi connectivity index (χ1n) is 6.25. The number of para-hydroxylation sites is 1. The fraction of sp³-hybridized carbons (Fsp3) is 0.429. The van der Waals surface area contributed by atoms with Crippen molar-refractivity contribution in [1.29, 1.82) is 5.26 Å². The lowest BCUT2D eigenvalue weighted by Gasteiger charge is -2.22. The Morgan fingerprint density at radius 3 is 2.94 bits per heavy atom. The van der Waals surface area contributed by atoms with Gasteiger partial charge in [0.05, 0.1) is 17.8 Å². The number of hydrogen-bond acceptors (Lipinski definition) is 3. The van der Waals surface area contributed by atoms with Crippen LogP contribution < -0.4 is 5.32 Å². The lowest BCUT2D eigenvalue weighted by molar-refractivity contribution is 0.394. The number of fused-ring (bicyclic) bond motifs is 1. The molecule has 1 unspecified atom stereocenters. The number of aryl methyl sites for hydroxylation is 1. The average molecular weight is 242 g/mol. The van der Waals surface area contributed by atoms with Crippen molar-refractivity contribution in [3.63, 3.8) is 0 Å². The zero-order valence-corrected chi connectivity index (χ0v) is 10.8. The van der Waals surface area contributed by atoms with Gasteiger partial charge in [-0.25, -0.2) is 0 Å². The van der Waals surface area contributed by atoms with Gasteiger partial charge in [0.25, 0.3) is 0 Å². The fourth-order valence-corrected chi connectivity index (χ4v) is 2.11. The first-order chi connectivity index (χ1) is 8.68. The molecule has 0 spiro atoms. The van der Waals surface area contributed by atoms with Crippen LogP contribution in [0, 0.1) is 11.3 Å². The van der Waals surface area contributed by atoms with Crippen LogP contribution in [0.25, 0.3) is 10.9 Å². The van der Waals surface area contributed by atoms with Crippen molar-refractivity contribution in [3.8, 4) is 6.07 Å². The van der Waals surface area contributed by atoms with Crippen LogP contribution in [0.5, 0.6) is 0 Å². The molecule has 2 aromatic rings. The molecule has 0 aliphatic rings. The van der Waals surface area contributed by atoms with Crippen LogP contribution in [-0.4, -0.2) is 21.9 Å². The number of aromatic nitrogens is 2. The molecule has 0 bridgehead atoms. The molecule has 0 aliphatic carbocycles. The Hall–Kier alpha value is -1.86. The Bertz CT molecular complexity index is 566. The third-order valence-electron chi connectivity index (χ3n) is 3.19. The topological polar surface area (TPSA) is 53.6 Å². The van der Waals surface area contributed by atoms with Gasteiger partial charge in [0.15, 0.2) is 0 Å². The van der Waals surface area contributed by atoms with E-state index in [2.05, 4.69) is 22.6 Å². The monoisotopic (exact) mass is 242 g/mol. The lowest BCUT2D eigenvalue weighted by Crippen LogP contribution is -2.41. The Labute approximate surface area is 107 Å². The fourth-order valence-electron chi connectivity index (χ4n) is 2.11. The average Bonchev–Trinajstić information content (AvgIpc) is 2.80. The van der Waals surface area contributed by atoms with Gasteiger partial charge in [0, 0.05) is 11.9 Å². The van der Waals surface area contributed by atoms with Crippen molar-refractivity contribution >= 4 is 10.9 Å². The largest absolute Gasteiger partial charge is 0.300 e. The summed E-state index contributed by atoms with van der Waals surface area (Å²) >= 11 is 0. The van der Waals surface area contributed by atoms with E-state index in [0.717, 1.165) is 30.4 Å². The molecule has 0 saturated heterocycles. The van der Waals surface area contributed by atoms with E-state index < -0.39 is 5.54 Å². The molecule has 0 amide bonds. The number of nitrogens with zero attached hydrogens (tertiary/aromatic N) is 3. The summed E-state index contributed by atoms with van der Waals surface area (Å²) in [4.78, 5) is 0. The van der Waals surface area contributed by atoms with Gasteiger partial charge in [-0.1, -0.05) is 25.1 Å². The molecular weight excluding hydrogens is 224 g/mol. The van der Waals surface area contributed by atoms with Gasteiger partial charge in [0.1, 0.15) is 5.54 Å². The standard InChI is InChI=1S/C14H18N4/c1-3-16-14(2,11-15)8-9-18-13-7-5-4-6-12(13)10-17-18/h4-7,10,16H,3,8-9H2,1-2H3. The minimum atomic E-state index is -0.484. The molecule has 0 saturated carbocycles. The van der Waals surface area contributed by atoms with Crippen molar-refractivity contribution in [1.82, 2.24) is 15.1 Å². The number of hydrogen-bond donors (Lipinski definition) is 1. The molecular formula is C14H18N4. The highest BCUT2D eigenvalue weighted by molar-refractivity contribution is 5.78. The molecule has 0 radical (unpaired) electrons. The summed E-state index contributed by atoms with van der Waals surface area (Å²) in [6.07, 6.45) is 2.61. The second kappa shape index (κ2) is 5.19. The Balaban J connectivity index is 2.13. The van der Waals surface area contributed by atoms with E-state index in [0.29, 0.717) is 0 Å². The van der Waals surface area contributed by atoms with E-state index in [4.69, 9.17) is 0 Å². The quantitative estimate of drug-likeness (QED) is 0.875. The highest BCUT2D eigenvalue weighted by Crippen LogP contribution is 2.15. The van der Waals surface area contributed by atoms with Gasteiger partial charge < -0.3 is 0 Å². The van der Waals surface area contributed by atoms with Crippen LogP contribution in [0.4, 0.5) is 0 Å². The van der Waals surface area contributed by atoms with Crippen LogP contribution >= 0.6 is 0 Å². The molecule has 4 heteroatoms. The van der Waals surface area contributed by atoms with E-state index in [1.165, 1.54) is 0 Å². The first kappa shape index (κ1) is 12.6. The molecule has 2 rings (SSSR count). The van der Waals surface area contributed by atoms with E-state index in [1.54, 1.807) is 0 Å². The molecule has 18 heavy (non-hydrogen) atoms. The maximum atomic E-state index is 9.22. The zero-order chi connectivity index (χ0) is 13.0. The zero-order valence-electron chi connectivity index (χ0n) is 10.8. The van der Waals surface area contributed by atoms with Gasteiger partial charge in [0.2, 0.25) is 0 Å². The number of nitriles is 1. The number of nitrogens with one attached hydrogen (secondary N) is 1. The number of benzene rings is 1. The van der Waals surface area contributed by atoms with Crippen LogP contribution in [0.2, 0.25) is 0 Å². The lowest BCUT2D eigenvalue weighted by atomic mass is 10.00. The van der Waals surface area contributed by atoms with Gasteiger partial charge >= 0.3 is 0 Å². The Morgan fingerprint density at radius 2 is 2.22 bits per heavy atom. The summed E-state index contributed by atoms with van der Waals surface area (Å²) in [5.74, 6) is 0. The molecule has 0 aliphatic heterocycles. The molecule has 94 valence electrons. The second-order valence-corrected chi connectivity index (χ2v) is 4.65. The van der Waals surface area contributed by atoms with E-state index in [9.17, 15) is 5.26 Å². The van der Waals surface area contributed by atoms with Crippen LogP contribution in [-0.2, 0) is 6.54 Å². The summed E-state index contributed by atoms with van der Waals surface area (Å²) in [5, 5.41) is 17.9. The van der Waals surface area contributed by atoms with Crippen LogP contribution in [0.3, 0.4) is 0 Å². The summed E-state index contributed by atoms with van der Waals surface area (Å²) in [6.45, 7) is 5.48. The Kier molecular flexibility index (Phi) is 3.63. The molecule has 1 atom stereocenters. The van der Waals surface area contributed by atoms with Crippen molar-refractivity contribution in [2.45, 2.75) is 32.4 Å². The third kappa shape index (κ3) is 2.52. The molecule has 0 fully saturated rings. The summed E-state index contributed by atoms with van der Waals surface area (Å²) in [5.41, 5.74) is 0.635. The van der Waals surface area contributed by atoms with E-state index >= 15 is 0 Å². The normalized spacial score (nSPS) is 14.3. The van der Waals surface area contributed by atoms with Gasteiger partial charge in [-0.15, -0.1) is 0 Å². The Morgan fingerprint density at radius 1 is 1.44 bits per heavy atom. The highest BCUT2D eigenvalue weighted by atomic mass is 15.3. The van der Waals surface area contributed by atoms with Gasteiger partial charge in [-0.3, -0.25) is 10.00 Å². The summed E-state index contributed by atoms with van der Waals surface area (Å²) in [7, 11) is 0. The predicted octanol–water partition coefficient (Wildman–Crippen LogP) is 2.32. The minimum absolute atomic E-state index is 0.484. The van der Waals surface area contributed by atoms with E-state index in [-0.39, 0.29) is 0 Å². The maximum absolute atomic E-state index is 9.22. The van der Waals surface area contributed by atoms with Crippen molar-refractivity contribution in [3.05, 3.63) is 30.5 Å². The van der Waals surface area contributed by atoms with Gasteiger partial charge in [-0.05, 0) is 26.0 Å². The molecule has 1 aromatic heterocycles. The van der Waals surface area contributed by atoms with Crippen molar-refractivity contribution in [2.75, 3.05) is 6.54 Å². The van der Waals surface area contributed by atoms with Crippen LogP contribution in [0.15, 0.2) is 30.5 Å². The molecule has 4 nitrogen and oxygen atoms in total. The number of rotatable bonds is 5. The second-order valence-electron chi connectivity index (χ2n) is 4.65. The van der Waals surface area contributed by atoms with E-state index in [1.807, 2.05) is 42.9 Å². The first-order valence-corrected chi connectivity index (χ1v) is 6.25. The van der Waals surface area contributed by atoms with Crippen molar-refractivity contribution < 1.29 is 0 Å². The molecule has 1 heterocycles. The molecule has 1 N–H and O–H groups in total. The highest BCUT2D eigenvalue weighted by Gasteiger charge is 2.22. The van der Waals surface area contributed by atoms with Crippen LogP contribution in [0.1, 0.15) is 20.3 Å². The maximum Gasteiger partial charge on any atom is 0.105 e. The molecule has 1 aromatic carbocycles. The van der Waals surface area contributed by atoms with Crippen molar-refractivity contribution in [2.24, 2.45) is 0 Å². The third-order valence-corrected chi connectivity index (χ3v) is 3.19. The SMILES string of the molecule is CCNC(C)(C#N)CCn1ncc2ccccc21. The minimum Gasteiger partial charge on any atom is -0.300 e. The smallest absolute Gasteiger partial charge is 0.105 e. The summed E-state index contributed by atoms with van der Waals surface area (Å²) in [6, 6.07) is 10.5. The predicted molar refractivity (Wildman–Crippen MR) is 72.0 cm³/mol. The summed E-state index contributed by atoms with van der Waals surface area (Å²) < 4.78 is 1.96.